The van der Waals surface area contributed by atoms with Crippen molar-refractivity contribution >= 4 is 17.4 Å². The molecule has 0 saturated heterocycles. The Labute approximate surface area is 177 Å². The van der Waals surface area contributed by atoms with E-state index in [0.717, 1.165) is 33.6 Å². The van der Waals surface area contributed by atoms with Crippen LogP contribution in [0.1, 0.15) is 39.5 Å². The highest BCUT2D eigenvalue weighted by atomic mass is 35.5. The average molecular weight is 400 g/mol. The fraction of sp³-hybridized carbons (Fsp3) is 0.192. The zero-order valence-corrected chi connectivity index (χ0v) is 17.5. The summed E-state index contributed by atoms with van der Waals surface area (Å²) < 4.78 is 6.53. The van der Waals surface area contributed by atoms with Crippen LogP contribution in [0.15, 0.2) is 72.8 Å². The predicted molar refractivity (Wildman–Crippen MR) is 118 cm³/mol. The van der Waals surface area contributed by atoms with Crippen molar-refractivity contribution < 1.29 is 4.74 Å². The molecular formula is C26H22ClNO. The normalized spacial score (nSPS) is 20.7. The van der Waals surface area contributed by atoms with Gasteiger partial charge >= 0.3 is 0 Å². The first-order valence-corrected chi connectivity index (χ1v) is 10.0. The van der Waals surface area contributed by atoms with Gasteiger partial charge in [0.05, 0.1) is 6.07 Å². The molecule has 2 nitrogen and oxygen atoms in total. The van der Waals surface area contributed by atoms with E-state index in [0.29, 0.717) is 5.02 Å². The number of aryl methyl sites for hydroxylation is 3. The van der Waals surface area contributed by atoms with Crippen molar-refractivity contribution in [3.8, 4) is 6.07 Å². The van der Waals surface area contributed by atoms with E-state index in [1.165, 1.54) is 5.56 Å². The summed E-state index contributed by atoms with van der Waals surface area (Å²) in [6, 6.07) is 24.3. The van der Waals surface area contributed by atoms with Crippen LogP contribution < -0.4 is 0 Å². The summed E-state index contributed by atoms with van der Waals surface area (Å²) in [6.07, 6.45) is 1.53. The average Bonchev–Trinajstić information content (AvgIpc) is 3.09. The third-order valence-electron chi connectivity index (χ3n) is 5.58. The summed E-state index contributed by atoms with van der Waals surface area (Å²) >= 11 is 6.12. The summed E-state index contributed by atoms with van der Waals surface area (Å²) in [5.74, 6) is 0.728. The van der Waals surface area contributed by atoms with Crippen LogP contribution in [-0.4, -0.2) is 0 Å². The minimum atomic E-state index is -0.944. The maximum Gasteiger partial charge on any atom is 0.151 e. The summed E-state index contributed by atoms with van der Waals surface area (Å²) in [7, 11) is 0. The molecule has 1 aliphatic rings. The maximum absolute atomic E-state index is 10.5. The highest BCUT2D eigenvalue weighted by molar-refractivity contribution is 6.30. The fourth-order valence-electron chi connectivity index (χ4n) is 4.30. The lowest BCUT2D eigenvalue weighted by molar-refractivity contribution is 0.153. The van der Waals surface area contributed by atoms with E-state index in [-0.39, 0.29) is 0 Å². The van der Waals surface area contributed by atoms with Crippen LogP contribution in [0.2, 0.25) is 5.02 Å². The lowest BCUT2D eigenvalue weighted by Crippen LogP contribution is -2.29. The molecular weight excluding hydrogens is 378 g/mol. The molecule has 0 aromatic heterocycles. The number of hydrogen-bond acceptors (Lipinski definition) is 2. The monoisotopic (exact) mass is 399 g/mol. The molecule has 3 aromatic rings. The quantitative estimate of drug-likeness (QED) is 0.483. The van der Waals surface area contributed by atoms with E-state index in [9.17, 15) is 5.26 Å². The molecule has 1 heterocycles. The molecule has 4 rings (SSSR count). The van der Waals surface area contributed by atoms with Gasteiger partial charge in [-0.1, -0.05) is 71.8 Å². The maximum atomic E-state index is 10.5. The van der Waals surface area contributed by atoms with Crippen molar-refractivity contribution in [3.05, 3.63) is 111 Å². The Morgan fingerprint density at radius 3 is 2.14 bits per heavy atom. The zero-order valence-electron chi connectivity index (χ0n) is 16.7. The van der Waals surface area contributed by atoms with E-state index >= 15 is 0 Å². The molecule has 0 unspecified atom stereocenters. The Kier molecular flexibility index (Phi) is 4.94. The third-order valence-corrected chi connectivity index (χ3v) is 5.83. The van der Waals surface area contributed by atoms with Gasteiger partial charge in [-0.3, -0.25) is 0 Å². The number of ether oxygens (including phenoxy) is 1. The molecule has 0 fully saturated rings. The molecule has 0 aliphatic carbocycles. The summed E-state index contributed by atoms with van der Waals surface area (Å²) in [5, 5.41) is 11.1. The topological polar surface area (TPSA) is 33.0 Å². The Hall–Kier alpha value is -3.02. The Morgan fingerprint density at radius 2 is 1.55 bits per heavy atom. The SMILES string of the molecule is Cc1cc(C)c([C@@H]2OC(c3ccccc3)=C[C@]2(C#N)c2ccc(Cl)cc2)c(C)c1. The van der Waals surface area contributed by atoms with Crippen molar-refractivity contribution in [2.24, 2.45) is 0 Å². The zero-order chi connectivity index (χ0) is 20.6. The summed E-state index contributed by atoms with van der Waals surface area (Å²) in [5.41, 5.74) is 5.42. The van der Waals surface area contributed by atoms with Crippen LogP contribution in [0, 0.1) is 32.1 Å². The molecule has 3 aromatic carbocycles. The highest BCUT2D eigenvalue weighted by Crippen LogP contribution is 2.51. The van der Waals surface area contributed by atoms with Gasteiger partial charge in [-0.15, -0.1) is 0 Å². The first-order valence-electron chi connectivity index (χ1n) is 9.64. The van der Waals surface area contributed by atoms with Gasteiger partial charge < -0.3 is 4.74 Å². The molecule has 1 aliphatic heterocycles. The van der Waals surface area contributed by atoms with Gasteiger partial charge in [-0.05, 0) is 55.7 Å². The number of nitrogens with zero attached hydrogens (tertiary/aromatic N) is 1. The number of halogens is 1. The van der Waals surface area contributed by atoms with Crippen LogP contribution in [0.3, 0.4) is 0 Å². The predicted octanol–water partition coefficient (Wildman–Crippen LogP) is 6.84. The molecule has 3 heteroatoms. The lowest BCUT2D eigenvalue weighted by Gasteiger charge is -2.30. The van der Waals surface area contributed by atoms with E-state index in [1.807, 2.05) is 60.7 Å². The lowest BCUT2D eigenvalue weighted by atomic mass is 9.73. The second-order valence-electron chi connectivity index (χ2n) is 7.67. The largest absolute Gasteiger partial charge is 0.483 e. The Balaban J connectivity index is 1.95. The molecule has 144 valence electrons. The van der Waals surface area contributed by atoms with Crippen LogP contribution >= 0.6 is 11.6 Å². The molecule has 2 atom stereocenters. The van der Waals surface area contributed by atoms with Gasteiger partial charge in [0.25, 0.3) is 0 Å². The van der Waals surface area contributed by atoms with Crippen molar-refractivity contribution in [3.63, 3.8) is 0 Å². The molecule has 29 heavy (non-hydrogen) atoms. The Morgan fingerprint density at radius 1 is 0.931 bits per heavy atom. The van der Waals surface area contributed by atoms with E-state index in [1.54, 1.807) is 0 Å². The second kappa shape index (κ2) is 7.43. The fourth-order valence-corrected chi connectivity index (χ4v) is 4.42. The highest BCUT2D eigenvalue weighted by Gasteiger charge is 2.48. The van der Waals surface area contributed by atoms with E-state index in [2.05, 4.69) is 39.0 Å². The van der Waals surface area contributed by atoms with Crippen LogP contribution in [0.5, 0.6) is 0 Å². The van der Waals surface area contributed by atoms with Crippen molar-refractivity contribution in [1.82, 2.24) is 0 Å². The van der Waals surface area contributed by atoms with E-state index in [4.69, 9.17) is 16.3 Å². The van der Waals surface area contributed by atoms with Crippen molar-refractivity contribution in [1.29, 1.82) is 5.26 Å². The molecule has 0 N–H and O–H groups in total. The molecule has 0 amide bonds. The van der Waals surface area contributed by atoms with Crippen LogP contribution in [0.4, 0.5) is 0 Å². The minimum absolute atomic E-state index is 0.440. The third kappa shape index (κ3) is 3.33. The first-order chi connectivity index (χ1) is 13.9. The summed E-state index contributed by atoms with van der Waals surface area (Å²) in [6.45, 7) is 6.26. The second-order valence-corrected chi connectivity index (χ2v) is 8.11. The van der Waals surface area contributed by atoms with E-state index < -0.39 is 11.5 Å². The van der Waals surface area contributed by atoms with Crippen molar-refractivity contribution in [2.45, 2.75) is 32.3 Å². The van der Waals surface area contributed by atoms with Gasteiger partial charge in [-0.25, -0.2) is 0 Å². The first kappa shape index (κ1) is 19.3. The van der Waals surface area contributed by atoms with Gasteiger partial charge in [-0.2, -0.15) is 5.26 Å². The summed E-state index contributed by atoms with van der Waals surface area (Å²) in [4.78, 5) is 0. The van der Waals surface area contributed by atoms with Crippen LogP contribution in [-0.2, 0) is 10.2 Å². The smallest absolute Gasteiger partial charge is 0.151 e. The minimum Gasteiger partial charge on any atom is -0.483 e. The van der Waals surface area contributed by atoms with Crippen molar-refractivity contribution in [2.75, 3.05) is 0 Å². The number of hydrogen-bond donors (Lipinski definition) is 0. The number of nitriles is 1. The van der Waals surface area contributed by atoms with Gasteiger partial charge in [0.15, 0.2) is 6.10 Å². The van der Waals surface area contributed by atoms with Crippen LogP contribution in [0.25, 0.3) is 5.76 Å². The standard InChI is InChI=1S/C26H22ClNO/c1-17-13-18(2)24(19(3)14-17)25-26(16-28,21-9-11-22(27)12-10-21)15-23(29-25)20-7-5-4-6-8-20/h4-15,25H,1-3H3/t25-,26-/m0/s1. The molecule has 0 bridgehead atoms. The number of benzene rings is 3. The molecule has 0 spiro atoms. The van der Waals surface area contributed by atoms with Gasteiger partial charge in [0, 0.05) is 16.1 Å². The van der Waals surface area contributed by atoms with Gasteiger partial charge in [0.2, 0.25) is 0 Å². The molecule has 0 saturated carbocycles. The number of rotatable bonds is 3. The molecule has 0 radical (unpaired) electrons. The Bertz CT molecular complexity index is 1100. The van der Waals surface area contributed by atoms with Gasteiger partial charge in [0.1, 0.15) is 11.2 Å².